The molecule has 1 saturated heterocycles. The summed E-state index contributed by atoms with van der Waals surface area (Å²) in [4.78, 5) is 18.0. The first-order valence-corrected chi connectivity index (χ1v) is 8.49. The zero-order chi connectivity index (χ0) is 17.9. The Hall–Kier alpha value is -3.05. The van der Waals surface area contributed by atoms with Gasteiger partial charge in [-0.3, -0.25) is 4.90 Å². The number of carbonyl (C=O) groups is 1. The van der Waals surface area contributed by atoms with E-state index in [2.05, 4.69) is 4.98 Å². The van der Waals surface area contributed by atoms with Gasteiger partial charge in [-0.2, -0.15) is 0 Å². The number of pyridine rings is 1. The minimum atomic E-state index is -0.381. The largest absolute Gasteiger partial charge is 0.447 e. The highest BCUT2D eigenvalue weighted by atomic mass is 35.5. The lowest BCUT2D eigenvalue weighted by Crippen LogP contribution is -2.27. The van der Waals surface area contributed by atoms with Crippen molar-refractivity contribution < 1.29 is 14.3 Å². The first-order chi connectivity index (χ1) is 12.7. The number of aromatic nitrogens is 1. The van der Waals surface area contributed by atoms with E-state index in [0.29, 0.717) is 16.7 Å². The van der Waals surface area contributed by atoms with Gasteiger partial charge in [-0.15, -0.1) is 0 Å². The zero-order valence-electron chi connectivity index (χ0n) is 13.7. The van der Waals surface area contributed by atoms with Gasteiger partial charge in [0.2, 0.25) is 5.88 Å². The number of carbonyl (C=O) groups excluding carboxylic acids is 1. The summed E-state index contributed by atoms with van der Waals surface area (Å²) in [5, 5.41) is 0.614. The lowest BCUT2D eigenvalue weighted by atomic mass is 10.1. The van der Waals surface area contributed by atoms with Crippen molar-refractivity contribution in [3.8, 4) is 11.6 Å². The number of amides is 1. The molecule has 1 aliphatic rings. The molecule has 3 aromatic rings. The molecule has 1 amide bonds. The topological polar surface area (TPSA) is 51.7 Å². The average Bonchev–Trinajstić information content (AvgIpc) is 3.05. The molecular weight excluding hydrogens is 352 g/mol. The normalized spacial score (nSPS) is 16.4. The van der Waals surface area contributed by atoms with E-state index in [1.54, 1.807) is 41.4 Å². The Morgan fingerprint density at radius 1 is 1.08 bits per heavy atom. The number of benzene rings is 2. The summed E-state index contributed by atoms with van der Waals surface area (Å²) in [5.74, 6) is 1.16. The van der Waals surface area contributed by atoms with Gasteiger partial charge in [0.25, 0.3) is 0 Å². The van der Waals surface area contributed by atoms with Crippen LogP contribution < -0.4 is 9.64 Å². The van der Waals surface area contributed by atoms with Crippen LogP contribution >= 0.6 is 11.6 Å². The van der Waals surface area contributed by atoms with Gasteiger partial charge in [0.1, 0.15) is 12.4 Å². The van der Waals surface area contributed by atoms with Crippen LogP contribution in [-0.4, -0.2) is 17.7 Å². The second kappa shape index (κ2) is 7.06. The lowest BCUT2D eigenvalue weighted by molar-refractivity contribution is 0.179. The minimum absolute atomic E-state index is 0.240. The third-order valence-corrected chi connectivity index (χ3v) is 4.33. The van der Waals surface area contributed by atoms with Crippen LogP contribution in [0.4, 0.5) is 10.5 Å². The Balaban J connectivity index is 1.62. The molecule has 0 radical (unpaired) electrons. The molecule has 1 unspecified atom stereocenters. The first kappa shape index (κ1) is 16.4. The summed E-state index contributed by atoms with van der Waals surface area (Å²) < 4.78 is 11.1. The Morgan fingerprint density at radius 3 is 2.69 bits per heavy atom. The van der Waals surface area contributed by atoms with Crippen molar-refractivity contribution in [2.24, 2.45) is 0 Å². The fraction of sp³-hybridized carbons (Fsp3) is 0.100. The van der Waals surface area contributed by atoms with Crippen molar-refractivity contribution in [3.05, 3.63) is 83.5 Å². The van der Waals surface area contributed by atoms with Gasteiger partial charge in [-0.1, -0.05) is 29.8 Å². The third-order valence-electron chi connectivity index (χ3n) is 4.08. The maximum Gasteiger partial charge on any atom is 0.415 e. The number of hydrogen-bond donors (Lipinski definition) is 0. The van der Waals surface area contributed by atoms with E-state index in [9.17, 15) is 4.79 Å². The quantitative estimate of drug-likeness (QED) is 0.634. The van der Waals surface area contributed by atoms with Gasteiger partial charge in [0.05, 0.1) is 6.04 Å². The maximum atomic E-state index is 12.2. The van der Waals surface area contributed by atoms with Crippen molar-refractivity contribution in [1.82, 2.24) is 4.98 Å². The van der Waals surface area contributed by atoms with Crippen LogP contribution in [0.2, 0.25) is 5.02 Å². The molecular formula is C20H15ClN2O3. The monoisotopic (exact) mass is 366 g/mol. The van der Waals surface area contributed by atoms with Crippen LogP contribution in [0, 0.1) is 0 Å². The van der Waals surface area contributed by atoms with E-state index in [1.807, 2.05) is 36.4 Å². The van der Waals surface area contributed by atoms with Gasteiger partial charge in [0, 0.05) is 23.0 Å². The van der Waals surface area contributed by atoms with Crippen molar-refractivity contribution in [2.75, 3.05) is 11.5 Å². The van der Waals surface area contributed by atoms with E-state index in [4.69, 9.17) is 21.1 Å². The molecule has 0 aliphatic carbocycles. The standard InChI is InChI=1S/C20H15ClN2O3/c21-15-7-9-16(10-8-15)23-18(13-25-20(23)24)14-4-3-5-17(12-14)26-19-6-1-2-11-22-19/h1-12,18H,13H2. The zero-order valence-corrected chi connectivity index (χ0v) is 14.5. The van der Waals surface area contributed by atoms with E-state index < -0.39 is 0 Å². The van der Waals surface area contributed by atoms with Crippen LogP contribution in [0.5, 0.6) is 11.6 Å². The minimum Gasteiger partial charge on any atom is -0.447 e. The molecule has 0 spiro atoms. The van der Waals surface area contributed by atoms with E-state index in [1.165, 1.54) is 0 Å². The smallest absolute Gasteiger partial charge is 0.415 e. The Labute approximate surface area is 155 Å². The predicted octanol–water partition coefficient (Wildman–Crippen LogP) is 5.23. The highest BCUT2D eigenvalue weighted by Gasteiger charge is 2.35. The highest BCUT2D eigenvalue weighted by molar-refractivity contribution is 6.30. The van der Waals surface area contributed by atoms with Crippen LogP contribution in [-0.2, 0) is 4.74 Å². The number of halogens is 1. The van der Waals surface area contributed by atoms with Crippen molar-refractivity contribution in [2.45, 2.75) is 6.04 Å². The van der Waals surface area contributed by atoms with Crippen molar-refractivity contribution in [1.29, 1.82) is 0 Å². The number of nitrogens with zero attached hydrogens (tertiary/aromatic N) is 2. The van der Waals surface area contributed by atoms with Crippen LogP contribution in [0.15, 0.2) is 72.9 Å². The molecule has 0 bridgehead atoms. The number of hydrogen-bond acceptors (Lipinski definition) is 4. The molecule has 5 nitrogen and oxygen atoms in total. The SMILES string of the molecule is O=C1OCC(c2cccc(Oc3ccccn3)c2)N1c1ccc(Cl)cc1. The second-order valence-electron chi connectivity index (χ2n) is 5.78. The number of anilines is 1. The second-order valence-corrected chi connectivity index (χ2v) is 6.22. The molecule has 1 fully saturated rings. The summed E-state index contributed by atoms with van der Waals surface area (Å²) in [6, 6.07) is 19.9. The molecule has 26 heavy (non-hydrogen) atoms. The average molecular weight is 367 g/mol. The third kappa shape index (κ3) is 3.34. The molecule has 1 aliphatic heterocycles. The summed E-state index contributed by atoms with van der Waals surface area (Å²) >= 11 is 5.95. The first-order valence-electron chi connectivity index (χ1n) is 8.11. The molecule has 0 N–H and O–H groups in total. The van der Waals surface area contributed by atoms with Crippen molar-refractivity contribution in [3.63, 3.8) is 0 Å². The summed E-state index contributed by atoms with van der Waals surface area (Å²) in [6.45, 7) is 0.272. The predicted molar refractivity (Wildman–Crippen MR) is 98.8 cm³/mol. The van der Waals surface area contributed by atoms with Gasteiger partial charge < -0.3 is 9.47 Å². The number of cyclic esters (lactones) is 1. The fourth-order valence-corrected chi connectivity index (χ4v) is 2.99. The number of rotatable bonds is 4. The lowest BCUT2D eigenvalue weighted by Gasteiger charge is -2.22. The van der Waals surface area contributed by atoms with E-state index in [0.717, 1.165) is 11.3 Å². The molecule has 2 aromatic carbocycles. The molecule has 2 heterocycles. The summed E-state index contributed by atoms with van der Waals surface area (Å²) in [5.41, 5.74) is 1.65. The molecule has 1 aromatic heterocycles. The van der Waals surface area contributed by atoms with Gasteiger partial charge in [0.15, 0.2) is 0 Å². The van der Waals surface area contributed by atoms with Gasteiger partial charge >= 0.3 is 6.09 Å². The Bertz CT molecular complexity index is 916. The Kier molecular flexibility index (Phi) is 4.46. The van der Waals surface area contributed by atoms with Gasteiger partial charge in [-0.25, -0.2) is 9.78 Å². The van der Waals surface area contributed by atoms with E-state index >= 15 is 0 Å². The van der Waals surface area contributed by atoms with E-state index in [-0.39, 0.29) is 18.7 Å². The van der Waals surface area contributed by atoms with Gasteiger partial charge in [-0.05, 0) is 48.0 Å². The molecule has 4 rings (SSSR count). The molecule has 1 atom stereocenters. The van der Waals surface area contributed by atoms with Crippen LogP contribution in [0.3, 0.4) is 0 Å². The van der Waals surface area contributed by atoms with Crippen LogP contribution in [0.1, 0.15) is 11.6 Å². The molecule has 6 heteroatoms. The molecule has 0 saturated carbocycles. The van der Waals surface area contributed by atoms with Crippen molar-refractivity contribution >= 4 is 23.4 Å². The number of ether oxygens (including phenoxy) is 2. The highest BCUT2D eigenvalue weighted by Crippen LogP contribution is 2.35. The Morgan fingerprint density at radius 2 is 1.92 bits per heavy atom. The van der Waals surface area contributed by atoms with Crippen LogP contribution in [0.25, 0.3) is 0 Å². The summed E-state index contributed by atoms with van der Waals surface area (Å²) in [7, 11) is 0. The molecule has 130 valence electrons. The summed E-state index contributed by atoms with van der Waals surface area (Å²) in [6.07, 6.45) is 1.29. The maximum absolute atomic E-state index is 12.2. The fourth-order valence-electron chi connectivity index (χ4n) is 2.87.